The molecular formula is C21H17BrN4OS. The molecule has 28 heavy (non-hydrogen) atoms. The van der Waals surface area contributed by atoms with Crippen molar-refractivity contribution in [1.29, 1.82) is 0 Å². The number of thiazole rings is 1. The van der Waals surface area contributed by atoms with Crippen LogP contribution in [0, 0.1) is 0 Å². The third-order valence-corrected chi connectivity index (χ3v) is 6.71. The topological polar surface area (TPSA) is 61.9 Å². The van der Waals surface area contributed by atoms with Gasteiger partial charge in [-0.2, -0.15) is 0 Å². The first-order valence-corrected chi connectivity index (χ1v) is 10.8. The van der Waals surface area contributed by atoms with Crippen LogP contribution < -0.4 is 0 Å². The van der Waals surface area contributed by atoms with Crippen LogP contribution in [0.15, 0.2) is 52.6 Å². The number of aromatic amines is 1. The highest BCUT2D eigenvalue weighted by atomic mass is 79.9. The number of rotatable bonds is 3. The van der Waals surface area contributed by atoms with Gasteiger partial charge in [0, 0.05) is 64.0 Å². The molecular weight excluding hydrogens is 436 g/mol. The summed E-state index contributed by atoms with van der Waals surface area (Å²) in [6.45, 7) is 1.38. The Hall–Kier alpha value is -2.51. The minimum atomic E-state index is 0.123. The van der Waals surface area contributed by atoms with Crippen molar-refractivity contribution in [3.63, 3.8) is 0 Å². The van der Waals surface area contributed by atoms with E-state index in [0.717, 1.165) is 39.2 Å². The third kappa shape index (κ3) is 3.14. The number of carbonyl (C=O) groups excluding carboxylic acids is 1. The van der Waals surface area contributed by atoms with Crippen molar-refractivity contribution in [1.82, 2.24) is 19.9 Å². The van der Waals surface area contributed by atoms with Crippen LogP contribution >= 0.6 is 27.3 Å². The Morgan fingerprint density at radius 3 is 3.07 bits per heavy atom. The maximum atomic E-state index is 12.9. The maximum absolute atomic E-state index is 12.9. The van der Waals surface area contributed by atoms with E-state index >= 15 is 0 Å². The number of pyridine rings is 1. The van der Waals surface area contributed by atoms with Gasteiger partial charge in [0.15, 0.2) is 0 Å². The molecule has 0 bridgehead atoms. The van der Waals surface area contributed by atoms with Crippen LogP contribution in [0.3, 0.4) is 0 Å². The molecule has 0 radical (unpaired) electrons. The van der Waals surface area contributed by atoms with Gasteiger partial charge < -0.3 is 9.88 Å². The van der Waals surface area contributed by atoms with E-state index in [2.05, 4.69) is 36.9 Å². The van der Waals surface area contributed by atoms with Gasteiger partial charge in [-0.25, -0.2) is 4.98 Å². The summed E-state index contributed by atoms with van der Waals surface area (Å²) in [6.07, 6.45) is 4.72. The molecule has 0 atom stereocenters. The minimum absolute atomic E-state index is 0.123. The van der Waals surface area contributed by atoms with Crippen LogP contribution in [-0.2, 0) is 24.2 Å². The maximum Gasteiger partial charge on any atom is 0.228 e. The molecule has 0 aliphatic carbocycles. The first kappa shape index (κ1) is 17.6. The first-order valence-electron chi connectivity index (χ1n) is 9.09. The quantitative estimate of drug-likeness (QED) is 0.494. The molecule has 1 aliphatic heterocycles. The average molecular weight is 453 g/mol. The normalized spacial score (nSPS) is 13.7. The predicted octanol–water partition coefficient (Wildman–Crippen LogP) is 4.58. The Morgan fingerprint density at radius 2 is 2.21 bits per heavy atom. The standard InChI is InChI=1S/C21H17BrN4OS/c22-17-5-1-4-15-16-11-26(8-6-18(16)25-20(15)17)19(27)9-14-12-28-21(24-14)13-3-2-7-23-10-13/h1-5,7,10,12,25H,6,8-9,11H2. The van der Waals surface area contributed by atoms with Gasteiger partial charge in [-0.1, -0.05) is 12.1 Å². The van der Waals surface area contributed by atoms with E-state index in [9.17, 15) is 4.79 Å². The summed E-state index contributed by atoms with van der Waals surface area (Å²) in [5, 5.41) is 4.06. The van der Waals surface area contributed by atoms with Crippen LogP contribution in [0.4, 0.5) is 0 Å². The van der Waals surface area contributed by atoms with Gasteiger partial charge in [0.25, 0.3) is 0 Å². The van der Waals surface area contributed by atoms with Crippen LogP contribution in [0.1, 0.15) is 17.0 Å². The highest BCUT2D eigenvalue weighted by Crippen LogP contribution is 2.32. The van der Waals surface area contributed by atoms with Crippen LogP contribution in [0.5, 0.6) is 0 Å². The molecule has 0 saturated carbocycles. The fourth-order valence-electron chi connectivity index (χ4n) is 3.69. The molecule has 4 aromatic rings. The Bertz CT molecular complexity index is 1170. The number of aromatic nitrogens is 3. The highest BCUT2D eigenvalue weighted by molar-refractivity contribution is 9.10. The summed E-state index contributed by atoms with van der Waals surface area (Å²) in [4.78, 5) is 27.1. The molecule has 1 amide bonds. The molecule has 1 aliphatic rings. The van der Waals surface area contributed by atoms with Gasteiger partial charge in [-0.3, -0.25) is 9.78 Å². The molecule has 5 nitrogen and oxygen atoms in total. The van der Waals surface area contributed by atoms with E-state index in [1.807, 2.05) is 34.5 Å². The van der Waals surface area contributed by atoms with Gasteiger partial charge in [-0.05, 0) is 34.1 Å². The number of benzene rings is 1. The zero-order chi connectivity index (χ0) is 19.1. The van der Waals surface area contributed by atoms with E-state index < -0.39 is 0 Å². The second-order valence-electron chi connectivity index (χ2n) is 6.87. The van der Waals surface area contributed by atoms with E-state index in [0.29, 0.717) is 13.0 Å². The van der Waals surface area contributed by atoms with E-state index in [1.165, 1.54) is 16.6 Å². The lowest BCUT2D eigenvalue weighted by molar-refractivity contribution is -0.131. The van der Waals surface area contributed by atoms with Gasteiger partial charge >= 0.3 is 0 Å². The number of para-hydroxylation sites is 1. The van der Waals surface area contributed by atoms with Crippen molar-refractivity contribution in [2.75, 3.05) is 6.54 Å². The molecule has 1 aromatic carbocycles. The van der Waals surface area contributed by atoms with Crippen molar-refractivity contribution in [2.24, 2.45) is 0 Å². The molecule has 140 valence electrons. The number of nitrogens with zero attached hydrogens (tertiary/aromatic N) is 3. The molecule has 5 rings (SSSR count). The molecule has 1 N–H and O–H groups in total. The average Bonchev–Trinajstić information content (AvgIpc) is 3.34. The van der Waals surface area contributed by atoms with Crippen LogP contribution in [0.25, 0.3) is 21.5 Å². The largest absolute Gasteiger partial charge is 0.357 e. The van der Waals surface area contributed by atoms with E-state index in [4.69, 9.17) is 0 Å². The smallest absolute Gasteiger partial charge is 0.228 e. The SMILES string of the molecule is O=C(Cc1csc(-c2cccnc2)n1)N1CCc2[nH]c3c(Br)cccc3c2C1. The number of hydrogen-bond donors (Lipinski definition) is 1. The molecule has 0 spiro atoms. The highest BCUT2D eigenvalue weighted by Gasteiger charge is 2.25. The molecule has 0 unspecified atom stereocenters. The zero-order valence-corrected chi connectivity index (χ0v) is 17.4. The summed E-state index contributed by atoms with van der Waals surface area (Å²) in [5.41, 5.74) is 5.38. The lowest BCUT2D eigenvalue weighted by atomic mass is 10.0. The number of carbonyl (C=O) groups is 1. The van der Waals surface area contributed by atoms with Crippen molar-refractivity contribution < 1.29 is 4.79 Å². The van der Waals surface area contributed by atoms with Crippen molar-refractivity contribution >= 4 is 44.1 Å². The molecule has 3 aromatic heterocycles. The molecule has 0 fully saturated rings. The number of hydrogen-bond acceptors (Lipinski definition) is 4. The lowest BCUT2D eigenvalue weighted by Gasteiger charge is -2.27. The lowest BCUT2D eigenvalue weighted by Crippen LogP contribution is -2.36. The fraction of sp³-hybridized carbons (Fsp3) is 0.190. The Kier molecular flexibility index (Phi) is 4.49. The predicted molar refractivity (Wildman–Crippen MR) is 114 cm³/mol. The Labute approximate surface area is 174 Å². The molecule has 0 saturated heterocycles. The number of nitrogens with one attached hydrogen (secondary N) is 1. The number of halogens is 1. The van der Waals surface area contributed by atoms with Crippen molar-refractivity contribution in [3.8, 4) is 10.6 Å². The summed E-state index contributed by atoms with van der Waals surface area (Å²) in [6, 6.07) is 10.1. The zero-order valence-electron chi connectivity index (χ0n) is 15.0. The Morgan fingerprint density at radius 1 is 1.29 bits per heavy atom. The third-order valence-electron chi connectivity index (χ3n) is 5.10. The van der Waals surface area contributed by atoms with Gasteiger partial charge in [0.1, 0.15) is 5.01 Å². The second-order valence-corrected chi connectivity index (χ2v) is 8.58. The second kappa shape index (κ2) is 7.14. The number of fused-ring (bicyclic) bond motifs is 3. The molecule has 7 heteroatoms. The van der Waals surface area contributed by atoms with E-state index in [-0.39, 0.29) is 5.91 Å². The van der Waals surface area contributed by atoms with Crippen molar-refractivity contribution in [2.45, 2.75) is 19.4 Å². The minimum Gasteiger partial charge on any atom is -0.357 e. The van der Waals surface area contributed by atoms with E-state index in [1.54, 1.807) is 23.7 Å². The monoisotopic (exact) mass is 452 g/mol. The van der Waals surface area contributed by atoms with Gasteiger partial charge in [-0.15, -0.1) is 11.3 Å². The number of amides is 1. The van der Waals surface area contributed by atoms with Crippen LogP contribution in [-0.4, -0.2) is 32.3 Å². The summed E-state index contributed by atoms with van der Waals surface area (Å²) in [5.74, 6) is 0.123. The van der Waals surface area contributed by atoms with Crippen molar-refractivity contribution in [3.05, 3.63) is 69.5 Å². The summed E-state index contributed by atoms with van der Waals surface area (Å²) >= 11 is 5.16. The fourth-order valence-corrected chi connectivity index (χ4v) is 4.97. The number of H-pyrrole nitrogens is 1. The summed E-state index contributed by atoms with van der Waals surface area (Å²) in [7, 11) is 0. The van der Waals surface area contributed by atoms with Crippen LogP contribution in [0.2, 0.25) is 0 Å². The Balaban J connectivity index is 1.34. The van der Waals surface area contributed by atoms with Gasteiger partial charge in [0.05, 0.1) is 17.6 Å². The van der Waals surface area contributed by atoms with Gasteiger partial charge in [0.2, 0.25) is 5.91 Å². The molecule has 4 heterocycles. The first-order chi connectivity index (χ1) is 13.7. The summed E-state index contributed by atoms with van der Waals surface area (Å²) < 4.78 is 1.06.